The smallest absolute Gasteiger partial charge is 0.319 e. The number of carbonyl (C=O) groups is 3. The number of hydrogen-bond donors (Lipinski definition) is 3. The van der Waals surface area contributed by atoms with Gasteiger partial charge in [0.1, 0.15) is 5.75 Å². The lowest BCUT2D eigenvalue weighted by Crippen LogP contribution is -2.47. The summed E-state index contributed by atoms with van der Waals surface area (Å²) in [5, 5.41) is 8.11. The van der Waals surface area contributed by atoms with Gasteiger partial charge in [0, 0.05) is 50.4 Å². The Morgan fingerprint density at radius 1 is 0.969 bits per heavy atom. The van der Waals surface area contributed by atoms with Crippen molar-refractivity contribution in [2.75, 3.05) is 57.5 Å². The maximum absolute atomic E-state index is 12.8. The monoisotopic (exact) mass is 439 g/mol. The molecule has 0 saturated carbocycles. The zero-order chi connectivity index (χ0) is 22.9. The van der Waals surface area contributed by atoms with Gasteiger partial charge in [-0.2, -0.15) is 0 Å². The molecule has 0 aromatic heterocycles. The number of piperazine rings is 1. The van der Waals surface area contributed by atoms with Crippen LogP contribution < -0.4 is 20.7 Å². The number of anilines is 2. The number of benzene rings is 2. The molecule has 0 aliphatic carbocycles. The first-order chi connectivity index (χ1) is 15.5. The molecule has 1 saturated heterocycles. The third-order valence-electron chi connectivity index (χ3n) is 5.18. The van der Waals surface area contributed by atoms with Crippen molar-refractivity contribution >= 4 is 29.2 Å². The average molecular weight is 440 g/mol. The van der Waals surface area contributed by atoms with E-state index in [0.29, 0.717) is 35.8 Å². The van der Waals surface area contributed by atoms with Crippen LogP contribution in [-0.4, -0.2) is 74.5 Å². The number of hydrogen-bond acceptors (Lipinski definition) is 5. The van der Waals surface area contributed by atoms with Crippen molar-refractivity contribution in [3.63, 3.8) is 0 Å². The van der Waals surface area contributed by atoms with E-state index in [2.05, 4.69) is 20.9 Å². The van der Waals surface area contributed by atoms with Crippen LogP contribution in [0.15, 0.2) is 48.5 Å². The molecule has 1 fully saturated rings. The number of urea groups is 1. The molecule has 3 rings (SSSR count). The lowest BCUT2D eigenvalue weighted by Gasteiger charge is -2.32. The van der Waals surface area contributed by atoms with Gasteiger partial charge in [0.2, 0.25) is 5.91 Å². The summed E-state index contributed by atoms with van der Waals surface area (Å²) in [5.74, 6) is 0.0890. The topological polar surface area (TPSA) is 103 Å². The standard InChI is InChI=1S/C23H29N5O4/c1-27-12-14-28(15-13-27)22(30)17-8-9-20(32-2)19(16-17)26-21(29)10-11-24-23(31)25-18-6-4-3-5-7-18/h3-9,16H,10-15H2,1-2H3,(H,26,29)(H2,24,25,31). The number of methoxy groups -OCH3 is 1. The highest BCUT2D eigenvalue weighted by Gasteiger charge is 2.21. The Morgan fingerprint density at radius 3 is 2.38 bits per heavy atom. The number of amides is 4. The molecule has 1 aliphatic rings. The number of likely N-dealkylation sites (N-methyl/N-ethyl adjacent to an activating group) is 1. The minimum atomic E-state index is -0.388. The van der Waals surface area contributed by atoms with Crippen LogP contribution in [0.25, 0.3) is 0 Å². The second-order valence-corrected chi connectivity index (χ2v) is 7.56. The van der Waals surface area contributed by atoms with Gasteiger partial charge in [-0.25, -0.2) is 4.79 Å². The second-order valence-electron chi connectivity index (χ2n) is 7.56. The summed E-state index contributed by atoms with van der Waals surface area (Å²) in [6.45, 7) is 3.15. The molecule has 3 N–H and O–H groups in total. The van der Waals surface area contributed by atoms with E-state index in [0.717, 1.165) is 13.1 Å². The highest BCUT2D eigenvalue weighted by atomic mass is 16.5. The van der Waals surface area contributed by atoms with Crippen molar-refractivity contribution in [2.24, 2.45) is 0 Å². The third kappa shape index (κ3) is 6.45. The molecule has 9 heteroatoms. The maximum atomic E-state index is 12.8. The molecule has 0 bridgehead atoms. The van der Waals surface area contributed by atoms with Crippen LogP contribution in [0.5, 0.6) is 5.75 Å². The Labute approximate surface area is 187 Å². The zero-order valence-electron chi connectivity index (χ0n) is 18.4. The van der Waals surface area contributed by atoms with Crippen LogP contribution in [0, 0.1) is 0 Å². The van der Waals surface area contributed by atoms with Crippen molar-refractivity contribution in [2.45, 2.75) is 6.42 Å². The van der Waals surface area contributed by atoms with Crippen molar-refractivity contribution in [3.05, 3.63) is 54.1 Å². The lowest BCUT2D eigenvalue weighted by molar-refractivity contribution is -0.116. The van der Waals surface area contributed by atoms with E-state index in [4.69, 9.17) is 4.74 Å². The normalized spacial score (nSPS) is 13.9. The highest BCUT2D eigenvalue weighted by molar-refractivity contribution is 5.98. The van der Waals surface area contributed by atoms with Gasteiger partial charge in [-0.3, -0.25) is 9.59 Å². The molecule has 2 aromatic carbocycles. The van der Waals surface area contributed by atoms with E-state index in [-0.39, 0.29) is 30.8 Å². The van der Waals surface area contributed by atoms with Gasteiger partial charge in [-0.1, -0.05) is 18.2 Å². The fourth-order valence-corrected chi connectivity index (χ4v) is 3.33. The van der Waals surface area contributed by atoms with E-state index in [1.54, 1.807) is 30.3 Å². The van der Waals surface area contributed by atoms with Gasteiger partial charge < -0.3 is 30.5 Å². The Morgan fingerprint density at radius 2 is 1.69 bits per heavy atom. The summed E-state index contributed by atoms with van der Waals surface area (Å²) in [5.41, 5.74) is 1.58. The first-order valence-corrected chi connectivity index (χ1v) is 10.5. The minimum Gasteiger partial charge on any atom is -0.495 e. The molecule has 1 heterocycles. The van der Waals surface area contributed by atoms with Gasteiger partial charge in [0.15, 0.2) is 0 Å². The fourth-order valence-electron chi connectivity index (χ4n) is 3.33. The SMILES string of the molecule is COc1ccc(C(=O)N2CCN(C)CC2)cc1NC(=O)CCNC(=O)Nc1ccccc1. The molecular weight excluding hydrogens is 410 g/mol. The van der Waals surface area contributed by atoms with Crippen molar-refractivity contribution in [3.8, 4) is 5.75 Å². The molecular formula is C23H29N5O4. The molecule has 9 nitrogen and oxygen atoms in total. The quantitative estimate of drug-likeness (QED) is 0.614. The van der Waals surface area contributed by atoms with E-state index in [1.165, 1.54) is 7.11 Å². The highest BCUT2D eigenvalue weighted by Crippen LogP contribution is 2.26. The van der Waals surface area contributed by atoms with Crippen LogP contribution >= 0.6 is 0 Å². The molecule has 2 aromatic rings. The zero-order valence-corrected chi connectivity index (χ0v) is 18.4. The molecule has 170 valence electrons. The lowest BCUT2D eigenvalue weighted by atomic mass is 10.1. The summed E-state index contributed by atoms with van der Waals surface area (Å²) < 4.78 is 5.32. The van der Waals surface area contributed by atoms with Gasteiger partial charge in [0.25, 0.3) is 5.91 Å². The number of rotatable bonds is 7. The van der Waals surface area contributed by atoms with E-state index < -0.39 is 0 Å². The van der Waals surface area contributed by atoms with Crippen LogP contribution in [0.3, 0.4) is 0 Å². The molecule has 32 heavy (non-hydrogen) atoms. The predicted octanol–water partition coefficient (Wildman–Crippen LogP) is 2.23. The van der Waals surface area contributed by atoms with Gasteiger partial charge in [-0.05, 0) is 37.4 Å². The van der Waals surface area contributed by atoms with E-state index in [1.807, 2.05) is 30.1 Å². The first-order valence-electron chi connectivity index (χ1n) is 10.5. The summed E-state index contributed by atoms with van der Waals surface area (Å²) in [6.07, 6.45) is 0.0714. The Bertz CT molecular complexity index is 943. The summed E-state index contributed by atoms with van der Waals surface area (Å²) in [6, 6.07) is 13.7. The summed E-state index contributed by atoms with van der Waals surface area (Å²) in [4.78, 5) is 41.2. The number of para-hydroxylation sites is 1. The molecule has 4 amide bonds. The van der Waals surface area contributed by atoms with Gasteiger partial charge in [0.05, 0.1) is 12.8 Å². The van der Waals surface area contributed by atoms with E-state index in [9.17, 15) is 14.4 Å². The van der Waals surface area contributed by atoms with Crippen molar-refractivity contribution < 1.29 is 19.1 Å². The van der Waals surface area contributed by atoms with Gasteiger partial charge >= 0.3 is 6.03 Å². The molecule has 0 radical (unpaired) electrons. The van der Waals surface area contributed by atoms with Crippen LogP contribution in [0.4, 0.5) is 16.2 Å². The van der Waals surface area contributed by atoms with Crippen molar-refractivity contribution in [1.29, 1.82) is 0 Å². The number of carbonyl (C=O) groups excluding carboxylic acids is 3. The number of nitrogens with one attached hydrogen (secondary N) is 3. The third-order valence-corrected chi connectivity index (χ3v) is 5.18. The second kappa shape index (κ2) is 11.1. The van der Waals surface area contributed by atoms with Crippen LogP contribution in [0.2, 0.25) is 0 Å². The Hall–Kier alpha value is -3.59. The Kier molecular flexibility index (Phi) is 8.04. The van der Waals surface area contributed by atoms with Crippen LogP contribution in [0.1, 0.15) is 16.8 Å². The number of ether oxygens (including phenoxy) is 1. The first kappa shape index (κ1) is 23.1. The molecule has 1 aliphatic heterocycles. The summed E-state index contributed by atoms with van der Waals surface area (Å²) in [7, 11) is 3.53. The molecule has 0 atom stereocenters. The summed E-state index contributed by atoms with van der Waals surface area (Å²) >= 11 is 0. The maximum Gasteiger partial charge on any atom is 0.319 e. The van der Waals surface area contributed by atoms with E-state index >= 15 is 0 Å². The van der Waals surface area contributed by atoms with Gasteiger partial charge in [-0.15, -0.1) is 0 Å². The average Bonchev–Trinajstić information content (AvgIpc) is 2.79. The number of nitrogens with zero attached hydrogens (tertiary/aromatic N) is 2. The molecule has 0 unspecified atom stereocenters. The fraction of sp³-hybridized carbons (Fsp3) is 0.348. The largest absolute Gasteiger partial charge is 0.495 e. The Balaban J connectivity index is 1.53. The minimum absolute atomic E-state index is 0.0714. The molecule has 0 spiro atoms. The predicted molar refractivity (Wildman–Crippen MR) is 123 cm³/mol. The van der Waals surface area contributed by atoms with Crippen molar-refractivity contribution in [1.82, 2.24) is 15.1 Å². The van der Waals surface area contributed by atoms with Crippen LogP contribution in [-0.2, 0) is 4.79 Å².